The lowest BCUT2D eigenvalue weighted by molar-refractivity contribution is 0.0465. The Morgan fingerprint density at radius 1 is 1.05 bits per heavy atom. The normalized spacial score (nSPS) is 11.0. The summed E-state index contributed by atoms with van der Waals surface area (Å²) in [6.07, 6.45) is 1.05. The van der Waals surface area contributed by atoms with Gasteiger partial charge < -0.3 is 9.47 Å². The molecule has 0 aliphatic rings. The summed E-state index contributed by atoms with van der Waals surface area (Å²) in [7, 11) is -1.97. The number of benzene rings is 2. The molecular weight excluding hydrogens is 304 g/mol. The average Bonchev–Trinajstić information content (AvgIpc) is 2.52. The largest absolute Gasteiger partial charge is 0.496 e. The molecule has 0 heterocycles. The van der Waals surface area contributed by atoms with Gasteiger partial charge >= 0.3 is 5.97 Å². The zero-order chi connectivity index (χ0) is 16.2. The first kappa shape index (κ1) is 16.0. The van der Waals surface area contributed by atoms with Crippen LogP contribution in [0.1, 0.15) is 15.9 Å². The van der Waals surface area contributed by atoms with Gasteiger partial charge in [0.2, 0.25) is 0 Å². The number of methoxy groups -OCH3 is 1. The minimum absolute atomic E-state index is 0.000935. The number of para-hydroxylation sites is 1. The lowest BCUT2D eigenvalue weighted by Crippen LogP contribution is -2.11. The first-order valence-electron chi connectivity index (χ1n) is 6.51. The Balaban J connectivity index is 2.21. The standard InChI is InChI=1S/C16H16O5S/c1-20-14-9-5-3-7-12(14)11-21-16(17)13-8-4-6-10-15(13)22(2,18)19/h3-10H,11H2,1-2H3. The van der Waals surface area contributed by atoms with E-state index in [1.807, 2.05) is 6.07 Å². The van der Waals surface area contributed by atoms with Crippen molar-refractivity contribution < 1.29 is 22.7 Å². The summed E-state index contributed by atoms with van der Waals surface area (Å²) in [4.78, 5) is 12.1. The minimum Gasteiger partial charge on any atom is -0.496 e. The fourth-order valence-corrected chi connectivity index (χ4v) is 2.88. The van der Waals surface area contributed by atoms with Crippen molar-refractivity contribution in [2.75, 3.05) is 13.4 Å². The molecule has 2 aromatic rings. The number of esters is 1. The molecule has 5 nitrogen and oxygen atoms in total. The Labute approximate surface area is 129 Å². The number of ether oxygens (including phenoxy) is 2. The van der Waals surface area contributed by atoms with Crippen LogP contribution in [0.3, 0.4) is 0 Å². The summed E-state index contributed by atoms with van der Waals surface area (Å²) in [5, 5.41) is 0. The average molecular weight is 320 g/mol. The van der Waals surface area contributed by atoms with E-state index in [9.17, 15) is 13.2 Å². The molecular formula is C16H16O5S. The molecule has 6 heteroatoms. The van der Waals surface area contributed by atoms with Crippen molar-refractivity contribution >= 4 is 15.8 Å². The lowest BCUT2D eigenvalue weighted by atomic mass is 10.2. The van der Waals surface area contributed by atoms with Crippen LogP contribution in [0.2, 0.25) is 0 Å². The second kappa shape index (κ2) is 6.62. The van der Waals surface area contributed by atoms with Gasteiger partial charge in [0.15, 0.2) is 9.84 Å². The van der Waals surface area contributed by atoms with Crippen LogP contribution in [0.15, 0.2) is 53.4 Å². The molecule has 0 spiro atoms. The van der Waals surface area contributed by atoms with Gasteiger partial charge in [-0.15, -0.1) is 0 Å². The van der Waals surface area contributed by atoms with Gasteiger partial charge in [-0.2, -0.15) is 0 Å². The predicted octanol–water partition coefficient (Wildman–Crippen LogP) is 2.46. The minimum atomic E-state index is -3.50. The van der Waals surface area contributed by atoms with E-state index in [4.69, 9.17) is 9.47 Å². The maximum atomic E-state index is 12.2. The molecule has 22 heavy (non-hydrogen) atoms. The summed E-state index contributed by atoms with van der Waals surface area (Å²) < 4.78 is 33.8. The van der Waals surface area contributed by atoms with Gasteiger partial charge in [-0.25, -0.2) is 13.2 Å². The third-order valence-electron chi connectivity index (χ3n) is 3.06. The number of hydrogen-bond donors (Lipinski definition) is 0. The maximum Gasteiger partial charge on any atom is 0.339 e. The summed E-state index contributed by atoms with van der Waals surface area (Å²) in [5.74, 6) is -0.0846. The van der Waals surface area contributed by atoms with Crippen molar-refractivity contribution in [3.05, 3.63) is 59.7 Å². The van der Waals surface area contributed by atoms with Crippen molar-refractivity contribution in [1.29, 1.82) is 0 Å². The van der Waals surface area contributed by atoms with Gasteiger partial charge in [0.1, 0.15) is 12.4 Å². The summed E-state index contributed by atoms with van der Waals surface area (Å²) in [6, 6.07) is 13.1. The Morgan fingerprint density at radius 3 is 2.36 bits per heavy atom. The van der Waals surface area contributed by atoms with E-state index in [1.54, 1.807) is 30.3 Å². The zero-order valence-corrected chi connectivity index (χ0v) is 13.1. The van der Waals surface area contributed by atoms with Crippen LogP contribution in [0.5, 0.6) is 5.75 Å². The molecule has 0 amide bonds. The number of sulfone groups is 1. The molecule has 0 aliphatic heterocycles. The van der Waals surface area contributed by atoms with Crippen LogP contribution >= 0.6 is 0 Å². The summed E-state index contributed by atoms with van der Waals surface area (Å²) in [6.45, 7) is 0.000935. The van der Waals surface area contributed by atoms with Crippen molar-refractivity contribution in [3.8, 4) is 5.75 Å². The third-order valence-corrected chi connectivity index (χ3v) is 4.21. The highest BCUT2D eigenvalue weighted by molar-refractivity contribution is 7.90. The molecule has 2 aromatic carbocycles. The first-order valence-corrected chi connectivity index (χ1v) is 8.40. The Bertz CT molecular complexity index is 781. The Kier molecular flexibility index (Phi) is 4.82. The predicted molar refractivity (Wildman–Crippen MR) is 81.7 cm³/mol. The topological polar surface area (TPSA) is 69.7 Å². The second-order valence-corrected chi connectivity index (χ2v) is 6.64. The molecule has 0 aromatic heterocycles. The van der Waals surface area contributed by atoms with Crippen LogP contribution in [0.4, 0.5) is 0 Å². The lowest BCUT2D eigenvalue weighted by Gasteiger charge is -2.10. The van der Waals surface area contributed by atoms with E-state index in [1.165, 1.54) is 19.2 Å². The fraction of sp³-hybridized carbons (Fsp3) is 0.188. The monoisotopic (exact) mass is 320 g/mol. The van der Waals surface area contributed by atoms with Gasteiger partial charge in [0.25, 0.3) is 0 Å². The van der Waals surface area contributed by atoms with Crippen LogP contribution in [0, 0.1) is 0 Å². The molecule has 0 unspecified atom stereocenters. The van der Waals surface area contributed by atoms with E-state index in [2.05, 4.69) is 0 Å². The van der Waals surface area contributed by atoms with E-state index in [0.29, 0.717) is 11.3 Å². The maximum absolute atomic E-state index is 12.2. The number of hydrogen-bond acceptors (Lipinski definition) is 5. The van der Waals surface area contributed by atoms with Crippen LogP contribution in [-0.2, 0) is 21.2 Å². The quantitative estimate of drug-likeness (QED) is 0.792. The van der Waals surface area contributed by atoms with Crippen molar-refractivity contribution in [1.82, 2.24) is 0 Å². The molecule has 0 saturated carbocycles. The van der Waals surface area contributed by atoms with Crippen LogP contribution in [0.25, 0.3) is 0 Å². The Morgan fingerprint density at radius 2 is 1.68 bits per heavy atom. The molecule has 116 valence electrons. The van der Waals surface area contributed by atoms with E-state index in [-0.39, 0.29) is 17.1 Å². The van der Waals surface area contributed by atoms with Crippen molar-refractivity contribution in [2.45, 2.75) is 11.5 Å². The summed E-state index contributed by atoms with van der Waals surface area (Å²) >= 11 is 0. The van der Waals surface area contributed by atoms with E-state index < -0.39 is 15.8 Å². The van der Waals surface area contributed by atoms with Crippen LogP contribution in [-0.4, -0.2) is 27.8 Å². The summed E-state index contributed by atoms with van der Waals surface area (Å²) in [5.41, 5.74) is 0.732. The van der Waals surface area contributed by atoms with E-state index >= 15 is 0 Å². The molecule has 0 N–H and O–H groups in total. The number of rotatable bonds is 5. The smallest absolute Gasteiger partial charge is 0.339 e. The fourth-order valence-electron chi connectivity index (χ4n) is 2.00. The molecule has 0 saturated heterocycles. The second-order valence-electron chi connectivity index (χ2n) is 4.66. The number of carbonyl (C=O) groups excluding carboxylic acids is 1. The van der Waals surface area contributed by atoms with Gasteiger partial charge in [0.05, 0.1) is 17.6 Å². The van der Waals surface area contributed by atoms with E-state index in [0.717, 1.165) is 6.26 Å². The first-order chi connectivity index (χ1) is 10.4. The molecule has 0 fully saturated rings. The molecule has 0 atom stereocenters. The van der Waals surface area contributed by atoms with Gasteiger partial charge in [0, 0.05) is 11.8 Å². The third kappa shape index (κ3) is 3.65. The number of carbonyl (C=O) groups is 1. The zero-order valence-electron chi connectivity index (χ0n) is 12.3. The highest BCUT2D eigenvalue weighted by atomic mass is 32.2. The van der Waals surface area contributed by atoms with Crippen molar-refractivity contribution in [2.24, 2.45) is 0 Å². The molecule has 0 aliphatic carbocycles. The highest BCUT2D eigenvalue weighted by Crippen LogP contribution is 2.20. The Hall–Kier alpha value is -2.34. The van der Waals surface area contributed by atoms with Gasteiger partial charge in [-0.1, -0.05) is 30.3 Å². The SMILES string of the molecule is COc1ccccc1COC(=O)c1ccccc1S(C)(=O)=O. The van der Waals surface area contributed by atoms with Gasteiger partial charge in [-0.05, 0) is 18.2 Å². The molecule has 2 rings (SSSR count). The van der Waals surface area contributed by atoms with Crippen LogP contribution < -0.4 is 4.74 Å². The van der Waals surface area contributed by atoms with Gasteiger partial charge in [-0.3, -0.25) is 0 Å². The van der Waals surface area contributed by atoms with Crippen molar-refractivity contribution in [3.63, 3.8) is 0 Å². The molecule has 0 bridgehead atoms. The highest BCUT2D eigenvalue weighted by Gasteiger charge is 2.19. The molecule has 0 radical (unpaired) electrons.